The number of oxazole rings is 1. The first-order chi connectivity index (χ1) is 11.7. The number of rotatable bonds is 2. The largest absolute Gasteiger partial charge is 0.423 e. The number of hydrogen-bond donors (Lipinski definition) is 0. The number of pyridine rings is 1. The normalized spacial score (nSPS) is 22.8. The number of nitrogens with zero attached hydrogens (tertiary/aromatic N) is 4. The maximum absolute atomic E-state index is 14.0. The zero-order chi connectivity index (χ0) is 16.3. The topological polar surface area (TPSA) is 45.4 Å². The monoisotopic (exact) mass is 328 g/mol. The van der Waals surface area contributed by atoms with Crippen molar-refractivity contribution in [2.24, 2.45) is 0 Å². The summed E-state index contributed by atoms with van der Waals surface area (Å²) in [6.45, 7) is 1.36. The standard InChI is InChI=1S/C17H14F2N4O/c18-10-3-4-15-14(6-10)21-17(24-15)23-9-11-7-12(23)8-22(11)16-13(19)2-1-5-20-16/h1-6,11-12H,7-9H2. The van der Waals surface area contributed by atoms with Crippen molar-refractivity contribution in [1.82, 2.24) is 9.97 Å². The molecule has 2 aromatic heterocycles. The van der Waals surface area contributed by atoms with Crippen LogP contribution in [0.1, 0.15) is 6.42 Å². The van der Waals surface area contributed by atoms with Crippen LogP contribution in [0.5, 0.6) is 0 Å². The summed E-state index contributed by atoms with van der Waals surface area (Å²) >= 11 is 0. The first-order valence-electron chi connectivity index (χ1n) is 7.89. The lowest BCUT2D eigenvalue weighted by atomic mass is 10.2. The van der Waals surface area contributed by atoms with Crippen molar-refractivity contribution in [3.05, 3.63) is 48.2 Å². The average molecular weight is 328 g/mol. The molecule has 0 spiro atoms. The Morgan fingerprint density at radius 3 is 2.71 bits per heavy atom. The number of halogens is 2. The molecule has 5 rings (SSSR count). The molecule has 7 heteroatoms. The lowest BCUT2D eigenvalue weighted by Gasteiger charge is -2.34. The van der Waals surface area contributed by atoms with Crippen LogP contribution < -0.4 is 9.80 Å². The predicted molar refractivity (Wildman–Crippen MR) is 85.0 cm³/mol. The van der Waals surface area contributed by atoms with Crippen LogP contribution in [-0.2, 0) is 0 Å². The van der Waals surface area contributed by atoms with Gasteiger partial charge in [-0.25, -0.2) is 13.8 Å². The van der Waals surface area contributed by atoms with E-state index in [1.807, 2.05) is 4.90 Å². The van der Waals surface area contributed by atoms with Crippen molar-refractivity contribution in [3.8, 4) is 0 Å². The van der Waals surface area contributed by atoms with E-state index in [0.29, 0.717) is 36.0 Å². The molecule has 2 saturated heterocycles. The highest BCUT2D eigenvalue weighted by molar-refractivity contribution is 5.74. The first kappa shape index (κ1) is 13.7. The molecule has 2 aliphatic heterocycles. The van der Waals surface area contributed by atoms with Crippen molar-refractivity contribution in [2.75, 3.05) is 22.9 Å². The van der Waals surface area contributed by atoms with Crippen molar-refractivity contribution in [2.45, 2.75) is 18.5 Å². The van der Waals surface area contributed by atoms with Gasteiger partial charge in [0.25, 0.3) is 6.01 Å². The third-order valence-corrected chi connectivity index (χ3v) is 4.84. The molecule has 122 valence electrons. The van der Waals surface area contributed by atoms with Gasteiger partial charge < -0.3 is 14.2 Å². The second-order valence-electron chi connectivity index (χ2n) is 6.27. The molecular formula is C17H14F2N4O. The second kappa shape index (κ2) is 4.90. The van der Waals surface area contributed by atoms with E-state index in [-0.39, 0.29) is 23.7 Å². The van der Waals surface area contributed by atoms with Crippen LogP contribution in [0.3, 0.4) is 0 Å². The molecule has 0 radical (unpaired) electrons. The minimum atomic E-state index is -0.331. The molecule has 2 unspecified atom stereocenters. The molecule has 0 amide bonds. The van der Waals surface area contributed by atoms with Crippen molar-refractivity contribution in [1.29, 1.82) is 0 Å². The molecule has 4 heterocycles. The average Bonchev–Trinajstić information content (AvgIpc) is 3.27. The molecule has 2 atom stereocenters. The summed E-state index contributed by atoms with van der Waals surface area (Å²) in [5, 5.41) is 0. The molecule has 24 heavy (non-hydrogen) atoms. The summed E-state index contributed by atoms with van der Waals surface area (Å²) in [4.78, 5) is 12.7. The lowest BCUT2D eigenvalue weighted by Crippen LogP contribution is -2.47. The first-order valence-corrected chi connectivity index (χ1v) is 7.89. The Kier molecular flexibility index (Phi) is 2.80. The van der Waals surface area contributed by atoms with Crippen LogP contribution in [0.4, 0.5) is 20.6 Å². The maximum Gasteiger partial charge on any atom is 0.298 e. The van der Waals surface area contributed by atoms with Gasteiger partial charge in [0.05, 0.1) is 12.1 Å². The van der Waals surface area contributed by atoms with Crippen LogP contribution in [0, 0.1) is 11.6 Å². The number of fused-ring (bicyclic) bond motifs is 3. The van der Waals surface area contributed by atoms with E-state index in [1.54, 1.807) is 18.3 Å². The summed E-state index contributed by atoms with van der Waals surface area (Å²) < 4.78 is 33.0. The highest BCUT2D eigenvalue weighted by Gasteiger charge is 2.46. The van der Waals surface area contributed by atoms with Crippen LogP contribution in [0.25, 0.3) is 11.1 Å². The Hall–Kier alpha value is -2.70. The molecule has 0 aliphatic carbocycles. The van der Waals surface area contributed by atoms with Gasteiger partial charge in [-0.3, -0.25) is 0 Å². The van der Waals surface area contributed by atoms with E-state index in [9.17, 15) is 8.78 Å². The number of piperazine rings is 1. The Labute approximate surface area is 136 Å². The fourth-order valence-corrected chi connectivity index (χ4v) is 3.76. The van der Waals surface area contributed by atoms with Gasteiger partial charge in [0.15, 0.2) is 17.2 Å². The van der Waals surface area contributed by atoms with Gasteiger partial charge in [0.1, 0.15) is 11.3 Å². The summed E-state index contributed by atoms with van der Waals surface area (Å²) in [6.07, 6.45) is 2.51. The van der Waals surface area contributed by atoms with E-state index in [2.05, 4.69) is 14.9 Å². The van der Waals surface area contributed by atoms with E-state index in [1.165, 1.54) is 18.2 Å². The van der Waals surface area contributed by atoms with E-state index < -0.39 is 0 Å². The van der Waals surface area contributed by atoms with E-state index >= 15 is 0 Å². The zero-order valence-corrected chi connectivity index (χ0v) is 12.7. The smallest absolute Gasteiger partial charge is 0.298 e. The van der Waals surface area contributed by atoms with Gasteiger partial charge in [0, 0.05) is 25.4 Å². The number of benzene rings is 1. The molecule has 1 aromatic carbocycles. The highest BCUT2D eigenvalue weighted by Crippen LogP contribution is 2.37. The van der Waals surface area contributed by atoms with Crippen LogP contribution in [0.15, 0.2) is 40.9 Å². The third-order valence-electron chi connectivity index (χ3n) is 4.84. The minimum absolute atomic E-state index is 0.172. The Morgan fingerprint density at radius 2 is 1.92 bits per heavy atom. The van der Waals surface area contributed by atoms with E-state index in [4.69, 9.17) is 4.42 Å². The predicted octanol–water partition coefficient (Wildman–Crippen LogP) is 2.97. The van der Waals surface area contributed by atoms with Crippen molar-refractivity contribution >= 4 is 22.9 Å². The second-order valence-corrected chi connectivity index (χ2v) is 6.27. The Balaban J connectivity index is 1.42. The van der Waals surface area contributed by atoms with Gasteiger partial charge in [-0.1, -0.05) is 0 Å². The number of aromatic nitrogens is 2. The van der Waals surface area contributed by atoms with Crippen LogP contribution >= 0.6 is 0 Å². The quantitative estimate of drug-likeness (QED) is 0.724. The zero-order valence-electron chi connectivity index (χ0n) is 12.7. The molecule has 2 aliphatic rings. The Morgan fingerprint density at radius 1 is 1.08 bits per heavy atom. The molecule has 2 fully saturated rings. The van der Waals surface area contributed by atoms with Gasteiger partial charge in [-0.2, -0.15) is 4.98 Å². The number of hydrogen-bond acceptors (Lipinski definition) is 5. The van der Waals surface area contributed by atoms with Gasteiger partial charge in [-0.15, -0.1) is 0 Å². The molecule has 0 N–H and O–H groups in total. The Bertz CT molecular complexity index is 928. The van der Waals surface area contributed by atoms with Gasteiger partial charge in [0.2, 0.25) is 0 Å². The fraction of sp³-hybridized carbons (Fsp3) is 0.294. The summed E-state index contributed by atoms with van der Waals surface area (Å²) in [7, 11) is 0. The molecule has 0 saturated carbocycles. The molecule has 2 bridgehead atoms. The van der Waals surface area contributed by atoms with Gasteiger partial charge >= 0.3 is 0 Å². The van der Waals surface area contributed by atoms with Crippen molar-refractivity contribution in [3.63, 3.8) is 0 Å². The maximum atomic E-state index is 14.0. The SMILES string of the molecule is Fc1ccc2oc(N3CC4CC3CN4c3ncccc3F)nc2c1. The third kappa shape index (κ3) is 1.97. The molecule has 5 nitrogen and oxygen atoms in total. The van der Waals surface area contributed by atoms with E-state index in [0.717, 1.165) is 6.42 Å². The van der Waals surface area contributed by atoms with Crippen molar-refractivity contribution < 1.29 is 13.2 Å². The molecular weight excluding hydrogens is 314 g/mol. The highest BCUT2D eigenvalue weighted by atomic mass is 19.1. The van der Waals surface area contributed by atoms with Crippen LogP contribution in [0.2, 0.25) is 0 Å². The minimum Gasteiger partial charge on any atom is -0.423 e. The fourth-order valence-electron chi connectivity index (χ4n) is 3.76. The summed E-state index contributed by atoms with van der Waals surface area (Å²) in [5.74, 6) is -0.222. The van der Waals surface area contributed by atoms with Gasteiger partial charge in [-0.05, 0) is 30.7 Å². The summed E-state index contributed by atoms with van der Waals surface area (Å²) in [5.41, 5.74) is 1.09. The summed E-state index contributed by atoms with van der Waals surface area (Å²) in [6, 6.07) is 8.21. The lowest BCUT2D eigenvalue weighted by molar-refractivity contribution is 0.529. The molecule has 3 aromatic rings. The van der Waals surface area contributed by atoms with Crippen LogP contribution in [-0.4, -0.2) is 35.1 Å². The number of anilines is 2.